The number of ether oxygens (including phenoxy) is 1. The first kappa shape index (κ1) is 18.2. The van der Waals surface area contributed by atoms with Crippen LogP contribution in [-0.2, 0) is 18.3 Å². The summed E-state index contributed by atoms with van der Waals surface area (Å²) in [5.41, 5.74) is 2.75. The smallest absolute Gasteiger partial charge is 0.307 e. The molecule has 0 saturated heterocycles. The molecular weight excluding hydrogens is 348 g/mol. The molecule has 3 rings (SSSR count). The van der Waals surface area contributed by atoms with Crippen LogP contribution in [0.4, 0.5) is 5.69 Å². The number of aryl methyl sites for hydroxylation is 2. The molecule has 26 heavy (non-hydrogen) atoms. The van der Waals surface area contributed by atoms with Gasteiger partial charge in [-0.25, -0.2) is 0 Å². The van der Waals surface area contributed by atoms with Gasteiger partial charge >= 0.3 is 4.87 Å². The second-order valence-electron chi connectivity index (χ2n) is 6.11. The molecule has 2 aromatic carbocycles. The number of thiazole rings is 1. The molecule has 1 heterocycles. The highest BCUT2D eigenvalue weighted by Gasteiger charge is 2.19. The Morgan fingerprint density at radius 3 is 2.58 bits per heavy atom. The topological polar surface area (TPSA) is 60.3 Å². The van der Waals surface area contributed by atoms with Gasteiger partial charge in [-0.15, -0.1) is 0 Å². The molecule has 136 valence electrons. The Bertz CT molecular complexity index is 973. The van der Waals surface area contributed by atoms with E-state index in [1.807, 2.05) is 43.3 Å². The summed E-state index contributed by atoms with van der Waals surface area (Å²) in [4.78, 5) is 24.3. The highest BCUT2D eigenvalue weighted by atomic mass is 32.1. The normalized spacial score (nSPS) is 12.1. The van der Waals surface area contributed by atoms with Crippen molar-refractivity contribution in [3.63, 3.8) is 0 Å². The van der Waals surface area contributed by atoms with Gasteiger partial charge in [0.15, 0.2) is 6.10 Å². The minimum atomic E-state index is -0.576. The quantitative estimate of drug-likeness (QED) is 0.714. The molecule has 0 radical (unpaired) electrons. The number of benzene rings is 2. The summed E-state index contributed by atoms with van der Waals surface area (Å²) in [6.07, 6.45) is 0.946. The Morgan fingerprint density at radius 1 is 1.19 bits per heavy atom. The Morgan fingerprint density at radius 2 is 1.92 bits per heavy atom. The lowest BCUT2D eigenvalue weighted by Gasteiger charge is -2.17. The van der Waals surface area contributed by atoms with Gasteiger partial charge in [0.2, 0.25) is 0 Å². The second-order valence-corrected chi connectivity index (χ2v) is 7.10. The number of hydrogen-bond acceptors (Lipinski definition) is 4. The number of carbonyl (C=O) groups excluding carboxylic acids is 1. The van der Waals surface area contributed by atoms with E-state index in [2.05, 4.69) is 12.2 Å². The summed E-state index contributed by atoms with van der Waals surface area (Å²) >= 11 is 1.17. The van der Waals surface area contributed by atoms with Crippen molar-refractivity contribution in [2.24, 2.45) is 7.05 Å². The van der Waals surface area contributed by atoms with Crippen molar-refractivity contribution in [3.05, 3.63) is 57.7 Å². The van der Waals surface area contributed by atoms with Crippen molar-refractivity contribution in [1.29, 1.82) is 0 Å². The summed E-state index contributed by atoms with van der Waals surface area (Å²) in [7, 11) is 1.74. The van der Waals surface area contributed by atoms with Crippen molar-refractivity contribution in [1.82, 2.24) is 4.57 Å². The Balaban J connectivity index is 1.73. The lowest BCUT2D eigenvalue weighted by molar-refractivity contribution is -0.122. The van der Waals surface area contributed by atoms with Gasteiger partial charge in [0.1, 0.15) is 5.75 Å². The Kier molecular flexibility index (Phi) is 5.42. The molecule has 0 bridgehead atoms. The van der Waals surface area contributed by atoms with E-state index < -0.39 is 6.10 Å². The fourth-order valence-corrected chi connectivity index (χ4v) is 3.64. The largest absolute Gasteiger partial charge is 0.481 e. The maximum atomic E-state index is 12.6. The van der Waals surface area contributed by atoms with E-state index in [-0.39, 0.29) is 10.8 Å². The Hall–Kier alpha value is -2.60. The van der Waals surface area contributed by atoms with Crippen LogP contribution >= 0.6 is 11.3 Å². The second kappa shape index (κ2) is 7.74. The summed E-state index contributed by atoms with van der Waals surface area (Å²) in [6, 6.07) is 13.3. The van der Waals surface area contributed by atoms with Crippen molar-refractivity contribution < 1.29 is 9.53 Å². The predicted octanol–water partition coefficient (Wildman–Crippen LogP) is 3.96. The van der Waals surface area contributed by atoms with E-state index in [4.69, 9.17) is 4.74 Å². The van der Waals surface area contributed by atoms with E-state index in [1.54, 1.807) is 17.7 Å². The summed E-state index contributed by atoms with van der Waals surface area (Å²) < 4.78 is 8.29. The minimum Gasteiger partial charge on any atom is -0.481 e. The number of anilines is 1. The van der Waals surface area contributed by atoms with Gasteiger partial charge in [-0.2, -0.15) is 0 Å². The minimum absolute atomic E-state index is 0.0197. The predicted molar refractivity (Wildman–Crippen MR) is 106 cm³/mol. The number of aromatic nitrogens is 1. The van der Waals surface area contributed by atoms with Crippen LogP contribution in [0, 0.1) is 0 Å². The number of nitrogens with zero attached hydrogens (tertiary/aromatic N) is 1. The van der Waals surface area contributed by atoms with Crippen LogP contribution in [0.15, 0.2) is 47.3 Å². The van der Waals surface area contributed by atoms with E-state index in [1.165, 1.54) is 16.9 Å². The van der Waals surface area contributed by atoms with Crippen LogP contribution in [0.25, 0.3) is 10.2 Å². The number of fused-ring (bicyclic) bond motifs is 1. The van der Waals surface area contributed by atoms with Crippen molar-refractivity contribution in [2.75, 3.05) is 5.32 Å². The molecule has 0 saturated carbocycles. The standard InChI is InChI=1S/C20H22N2O3S/c1-4-13-6-9-15(10-7-13)25-17(5-2)19(23)21-14-8-11-16-18(12-14)26-20(24)22(16)3/h6-12,17H,4-5H2,1-3H3,(H,21,23). The third-order valence-electron chi connectivity index (χ3n) is 4.33. The zero-order valence-electron chi connectivity index (χ0n) is 15.1. The molecule has 3 aromatic rings. The van der Waals surface area contributed by atoms with Crippen molar-refractivity contribution in [3.8, 4) is 5.75 Å². The number of carbonyl (C=O) groups is 1. The van der Waals surface area contributed by atoms with Gasteiger partial charge in [-0.05, 0) is 48.7 Å². The highest BCUT2D eigenvalue weighted by Crippen LogP contribution is 2.22. The first-order valence-corrected chi connectivity index (χ1v) is 9.49. The fraction of sp³-hybridized carbons (Fsp3) is 0.300. The van der Waals surface area contributed by atoms with Crippen LogP contribution in [0.2, 0.25) is 0 Å². The summed E-state index contributed by atoms with van der Waals surface area (Å²) in [6.45, 7) is 4.01. The van der Waals surface area contributed by atoms with Crippen molar-refractivity contribution >= 4 is 33.1 Å². The third-order valence-corrected chi connectivity index (χ3v) is 5.33. The van der Waals surface area contributed by atoms with Gasteiger partial charge in [0.25, 0.3) is 5.91 Å². The summed E-state index contributed by atoms with van der Waals surface area (Å²) in [5.74, 6) is 0.482. The molecular formula is C20H22N2O3S. The molecule has 0 fully saturated rings. The van der Waals surface area contributed by atoms with E-state index in [0.29, 0.717) is 17.9 Å². The van der Waals surface area contributed by atoms with Crippen molar-refractivity contribution in [2.45, 2.75) is 32.8 Å². The van der Waals surface area contributed by atoms with Gasteiger partial charge in [-0.1, -0.05) is 37.3 Å². The first-order valence-electron chi connectivity index (χ1n) is 8.67. The van der Waals surface area contributed by atoms with E-state index in [9.17, 15) is 9.59 Å². The average Bonchev–Trinajstić information content (AvgIpc) is 2.93. The van der Waals surface area contributed by atoms with Crippen LogP contribution in [-0.4, -0.2) is 16.6 Å². The molecule has 0 spiro atoms. The highest BCUT2D eigenvalue weighted by molar-refractivity contribution is 7.16. The average molecular weight is 370 g/mol. The lowest BCUT2D eigenvalue weighted by atomic mass is 10.1. The van der Waals surface area contributed by atoms with Gasteiger partial charge in [0.05, 0.1) is 10.2 Å². The molecule has 0 aliphatic rings. The molecule has 1 unspecified atom stereocenters. The summed E-state index contributed by atoms with van der Waals surface area (Å²) in [5, 5.41) is 2.89. The van der Waals surface area contributed by atoms with Gasteiger partial charge in [-0.3, -0.25) is 9.59 Å². The first-order chi connectivity index (χ1) is 12.5. The maximum Gasteiger partial charge on any atom is 0.307 e. The van der Waals surface area contributed by atoms with Gasteiger partial charge in [0, 0.05) is 12.7 Å². The fourth-order valence-electron chi connectivity index (χ4n) is 2.72. The van der Waals surface area contributed by atoms with Crippen LogP contribution in [0.1, 0.15) is 25.8 Å². The molecule has 1 N–H and O–H groups in total. The van der Waals surface area contributed by atoms with Crippen LogP contribution in [0.5, 0.6) is 5.75 Å². The molecule has 1 atom stereocenters. The molecule has 6 heteroatoms. The SMILES string of the molecule is CCc1ccc(OC(CC)C(=O)Nc2ccc3c(c2)sc(=O)n3C)cc1. The molecule has 0 aliphatic heterocycles. The number of nitrogens with one attached hydrogen (secondary N) is 1. The van der Waals surface area contributed by atoms with Crippen LogP contribution < -0.4 is 14.9 Å². The molecule has 0 aliphatic carbocycles. The molecule has 1 aromatic heterocycles. The van der Waals surface area contributed by atoms with E-state index >= 15 is 0 Å². The van der Waals surface area contributed by atoms with E-state index in [0.717, 1.165) is 16.6 Å². The Labute approximate surface area is 156 Å². The van der Waals surface area contributed by atoms with Gasteiger partial charge < -0.3 is 14.6 Å². The monoisotopic (exact) mass is 370 g/mol. The molecule has 5 nitrogen and oxygen atoms in total. The number of rotatable bonds is 6. The van der Waals surface area contributed by atoms with Crippen LogP contribution in [0.3, 0.4) is 0 Å². The lowest BCUT2D eigenvalue weighted by Crippen LogP contribution is -2.32. The molecule has 1 amide bonds. The zero-order valence-corrected chi connectivity index (χ0v) is 15.9. The number of hydrogen-bond donors (Lipinski definition) is 1. The third kappa shape index (κ3) is 3.80. The maximum absolute atomic E-state index is 12.6. The zero-order chi connectivity index (χ0) is 18.7. The number of amides is 1.